The van der Waals surface area contributed by atoms with Crippen molar-refractivity contribution in [1.29, 1.82) is 0 Å². The molecule has 0 spiro atoms. The van der Waals surface area contributed by atoms with E-state index in [1.54, 1.807) is 6.20 Å². The van der Waals surface area contributed by atoms with Gasteiger partial charge in [0.2, 0.25) is 0 Å². The van der Waals surface area contributed by atoms with E-state index in [1.165, 1.54) is 0 Å². The Morgan fingerprint density at radius 2 is 2.06 bits per heavy atom. The summed E-state index contributed by atoms with van der Waals surface area (Å²) in [6.45, 7) is 6.12. The standard InChI is InChI=1S/C24H31ClFN3O3/c1-15(13-24(2,3)29-23(30)31)14-32-21-7-4-16(10-20(21)25)17-8-9-27-22(11-17)28-19-6-5-18(26)12-19/h4,7-11,15,18-19,29H,5-6,12-14H2,1-3H3,(H,27,28)(H,30,31). The number of anilines is 1. The van der Waals surface area contributed by atoms with Crippen LogP contribution in [0.25, 0.3) is 11.1 Å². The minimum Gasteiger partial charge on any atom is -0.492 e. The number of amides is 1. The van der Waals surface area contributed by atoms with Gasteiger partial charge in [-0.2, -0.15) is 0 Å². The summed E-state index contributed by atoms with van der Waals surface area (Å²) < 4.78 is 19.3. The minimum absolute atomic E-state index is 0.116. The van der Waals surface area contributed by atoms with Crippen LogP contribution in [0.1, 0.15) is 46.5 Å². The molecule has 3 rings (SSSR count). The van der Waals surface area contributed by atoms with E-state index in [9.17, 15) is 9.18 Å². The lowest BCUT2D eigenvalue weighted by molar-refractivity contribution is 0.169. The molecule has 6 nitrogen and oxygen atoms in total. The van der Waals surface area contributed by atoms with E-state index in [-0.39, 0.29) is 12.0 Å². The summed E-state index contributed by atoms with van der Waals surface area (Å²) >= 11 is 6.47. The van der Waals surface area contributed by atoms with E-state index in [2.05, 4.69) is 15.6 Å². The van der Waals surface area contributed by atoms with Crippen LogP contribution in [0.15, 0.2) is 36.5 Å². The number of pyridine rings is 1. The van der Waals surface area contributed by atoms with Gasteiger partial charge in [-0.1, -0.05) is 24.6 Å². The van der Waals surface area contributed by atoms with Gasteiger partial charge < -0.3 is 20.5 Å². The van der Waals surface area contributed by atoms with Crippen molar-refractivity contribution in [3.05, 3.63) is 41.6 Å². The maximum Gasteiger partial charge on any atom is 0.405 e. The molecule has 1 heterocycles. The van der Waals surface area contributed by atoms with Crippen LogP contribution >= 0.6 is 11.6 Å². The smallest absolute Gasteiger partial charge is 0.405 e. The van der Waals surface area contributed by atoms with Gasteiger partial charge >= 0.3 is 6.09 Å². The zero-order valence-electron chi connectivity index (χ0n) is 18.7. The van der Waals surface area contributed by atoms with Crippen molar-refractivity contribution in [2.45, 2.75) is 64.2 Å². The van der Waals surface area contributed by atoms with Gasteiger partial charge in [0.1, 0.15) is 17.7 Å². The summed E-state index contributed by atoms with van der Waals surface area (Å²) in [5, 5.41) is 15.3. The molecule has 0 radical (unpaired) electrons. The summed E-state index contributed by atoms with van der Waals surface area (Å²) in [6.07, 6.45) is 2.52. The quantitative estimate of drug-likeness (QED) is 0.415. The molecule has 0 aliphatic heterocycles. The number of hydrogen-bond acceptors (Lipinski definition) is 4. The third kappa shape index (κ3) is 6.99. The number of benzene rings is 1. The molecular formula is C24H31ClFN3O3. The van der Waals surface area contributed by atoms with Crippen molar-refractivity contribution >= 4 is 23.5 Å². The highest BCUT2D eigenvalue weighted by molar-refractivity contribution is 6.32. The van der Waals surface area contributed by atoms with Crippen LogP contribution in [0.2, 0.25) is 5.02 Å². The topological polar surface area (TPSA) is 83.5 Å². The number of carbonyl (C=O) groups is 1. The number of carboxylic acid groups (broad SMARTS) is 1. The minimum atomic E-state index is -1.04. The Balaban J connectivity index is 1.60. The number of nitrogens with one attached hydrogen (secondary N) is 2. The summed E-state index contributed by atoms with van der Waals surface area (Å²) in [5.41, 5.74) is 1.35. The average molecular weight is 464 g/mol. The lowest BCUT2D eigenvalue weighted by Crippen LogP contribution is -2.44. The highest BCUT2D eigenvalue weighted by Crippen LogP contribution is 2.32. The van der Waals surface area contributed by atoms with Gasteiger partial charge in [-0.15, -0.1) is 0 Å². The Kier molecular flexibility index (Phi) is 7.82. The molecular weight excluding hydrogens is 433 g/mol. The number of rotatable bonds is 9. The molecule has 0 bridgehead atoms. The lowest BCUT2D eigenvalue weighted by Gasteiger charge is -2.28. The molecule has 1 aliphatic rings. The van der Waals surface area contributed by atoms with Crippen LogP contribution in [0, 0.1) is 5.92 Å². The van der Waals surface area contributed by atoms with Gasteiger partial charge in [-0.25, -0.2) is 14.2 Å². The largest absolute Gasteiger partial charge is 0.492 e. The summed E-state index contributed by atoms with van der Waals surface area (Å²) in [6, 6.07) is 9.59. The van der Waals surface area contributed by atoms with Crippen molar-refractivity contribution in [3.63, 3.8) is 0 Å². The number of aromatic nitrogens is 1. The molecule has 1 saturated carbocycles. The van der Waals surface area contributed by atoms with E-state index in [4.69, 9.17) is 21.4 Å². The zero-order chi connectivity index (χ0) is 23.3. The van der Waals surface area contributed by atoms with Crippen molar-refractivity contribution in [3.8, 4) is 16.9 Å². The second kappa shape index (κ2) is 10.4. The van der Waals surface area contributed by atoms with Crippen LogP contribution in [0.3, 0.4) is 0 Å². The predicted octanol–water partition coefficient (Wildman–Crippen LogP) is 6.16. The van der Waals surface area contributed by atoms with Gasteiger partial charge in [0.15, 0.2) is 0 Å². The molecule has 3 N–H and O–H groups in total. The lowest BCUT2D eigenvalue weighted by atomic mass is 9.92. The third-order valence-electron chi connectivity index (χ3n) is 5.57. The Morgan fingerprint density at radius 3 is 2.72 bits per heavy atom. The van der Waals surface area contributed by atoms with E-state index < -0.39 is 17.8 Å². The van der Waals surface area contributed by atoms with Crippen molar-refractivity contribution in [2.75, 3.05) is 11.9 Å². The fraction of sp³-hybridized carbons (Fsp3) is 0.500. The molecule has 1 aliphatic carbocycles. The van der Waals surface area contributed by atoms with Crippen molar-refractivity contribution in [1.82, 2.24) is 10.3 Å². The predicted molar refractivity (Wildman–Crippen MR) is 125 cm³/mol. The maximum absolute atomic E-state index is 13.4. The molecule has 32 heavy (non-hydrogen) atoms. The fourth-order valence-electron chi connectivity index (χ4n) is 4.26. The molecule has 1 aromatic carbocycles. The summed E-state index contributed by atoms with van der Waals surface area (Å²) in [7, 11) is 0. The Hall–Kier alpha value is -2.54. The zero-order valence-corrected chi connectivity index (χ0v) is 19.5. The normalized spacial score (nSPS) is 19.4. The highest BCUT2D eigenvalue weighted by Gasteiger charge is 2.25. The maximum atomic E-state index is 13.4. The first kappa shape index (κ1) is 24.1. The van der Waals surface area contributed by atoms with Crippen LogP contribution in [0.4, 0.5) is 15.0 Å². The number of hydrogen-bond donors (Lipinski definition) is 3. The number of alkyl halides is 1. The average Bonchev–Trinajstić information content (AvgIpc) is 3.10. The van der Waals surface area contributed by atoms with Crippen LogP contribution in [-0.4, -0.2) is 40.5 Å². The first-order chi connectivity index (χ1) is 15.1. The fourth-order valence-corrected chi connectivity index (χ4v) is 4.49. The summed E-state index contributed by atoms with van der Waals surface area (Å²) in [4.78, 5) is 15.3. The number of nitrogens with zero attached hydrogens (tertiary/aromatic N) is 1. The van der Waals surface area contributed by atoms with Crippen LogP contribution in [-0.2, 0) is 0 Å². The first-order valence-corrected chi connectivity index (χ1v) is 11.3. The molecule has 0 saturated heterocycles. The Morgan fingerprint density at radius 1 is 1.31 bits per heavy atom. The second-order valence-electron chi connectivity index (χ2n) is 9.26. The van der Waals surface area contributed by atoms with E-state index >= 15 is 0 Å². The van der Waals surface area contributed by atoms with E-state index in [1.807, 2.05) is 51.1 Å². The molecule has 1 aromatic heterocycles. The SMILES string of the molecule is CC(COc1ccc(-c2ccnc(NC3CCC(F)C3)c2)cc1Cl)CC(C)(C)NC(=O)O. The first-order valence-electron chi connectivity index (χ1n) is 10.9. The Bertz CT molecular complexity index is 940. The van der Waals surface area contributed by atoms with Gasteiger partial charge in [-0.3, -0.25) is 0 Å². The molecule has 3 atom stereocenters. The summed E-state index contributed by atoms with van der Waals surface area (Å²) in [5.74, 6) is 1.43. The van der Waals surface area contributed by atoms with Crippen molar-refractivity contribution < 1.29 is 19.0 Å². The number of halogens is 2. The monoisotopic (exact) mass is 463 g/mol. The number of ether oxygens (including phenoxy) is 1. The van der Waals surface area contributed by atoms with E-state index in [0.717, 1.165) is 23.4 Å². The molecule has 2 aromatic rings. The highest BCUT2D eigenvalue weighted by atomic mass is 35.5. The van der Waals surface area contributed by atoms with Gasteiger partial charge in [0.25, 0.3) is 0 Å². The van der Waals surface area contributed by atoms with Crippen LogP contribution in [0.5, 0.6) is 5.75 Å². The molecule has 174 valence electrons. The van der Waals surface area contributed by atoms with Crippen LogP contribution < -0.4 is 15.4 Å². The second-order valence-corrected chi connectivity index (χ2v) is 9.67. The van der Waals surface area contributed by atoms with Gasteiger partial charge in [0, 0.05) is 17.8 Å². The van der Waals surface area contributed by atoms with Crippen molar-refractivity contribution in [2.24, 2.45) is 5.92 Å². The molecule has 3 unspecified atom stereocenters. The van der Waals surface area contributed by atoms with Gasteiger partial charge in [-0.05, 0) is 80.8 Å². The Labute approximate surface area is 193 Å². The molecule has 8 heteroatoms. The van der Waals surface area contributed by atoms with Gasteiger partial charge in [0.05, 0.1) is 11.6 Å². The molecule has 1 amide bonds. The van der Waals surface area contributed by atoms with E-state index in [0.29, 0.717) is 36.6 Å². The molecule has 1 fully saturated rings. The third-order valence-corrected chi connectivity index (χ3v) is 5.87.